The lowest BCUT2D eigenvalue weighted by Gasteiger charge is -2.26. The van der Waals surface area contributed by atoms with Gasteiger partial charge >= 0.3 is 24.3 Å². The summed E-state index contributed by atoms with van der Waals surface area (Å²) in [6.45, 7) is 5.21. The minimum atomic E-state index is -5.08. The van der Waals surface area contributed by atoms with Gasteiger partial charge in [0.2, 0.25) is 0 Å². The van der Waals surface area contributed by atoms with Crippen LogP contribution < -0.4 is 4.74 Å². The van der Waals surface area contributed by atoms with E-state index in [0.29, 0.717) is 6.61 Å². The second-order valence-electron chi connectivity index (χ2n) is 7.54. The minimum absolute atomic E-state index is 0.682. The Morgan fingerprint density at radius 2 is 1.56 bits per heavy atom. The molecule has 214 valence electrons. The van der Waals surface area contributed by atoms with E-state index in [1.54, 1.807) is 6.20 Å². The molecule has 0 radical (unpaired) electrons. The van der Waals surface area contributed by atoms with Crippen molar-refractivity contribution in [2.45, 2.75) is 12.4 Å². The molecule has 1 fully saturated rings. The fourth-order valence-corrected chi connectivity index (χ4v) is 3.15. The summed E-state index contributed by atoms with van der Waals surface area (Å²) in [4.78, 5) is 32.3. The number of ether oxygens (including phenoxy) is 2. The number of H-pyrrole nitrogens is 1. The van der Waals surface area contributed by atoms with Crippen molar-refractivity contribution in [3.63, 3.8) is 0 Å². The van der Waals surface area contributed by atoms with Crippen molar-refractivity contribution < 1.29 is 55.6 Å². The predicted octanol–water partition coefficient (Wildman–Crippen LogP) is 4.37. The van der Waals surface area contributed by atoms with Gasteiger partial charge in [0.25, 0.3) is 0 Å². The van der Waals surface area contributed by atoms with Gasteiger partial charge in [0.05, 0.1) is 13.2 Å². The second kappa shape index (κ2) is 14.1. The molecular weight excluding hydrogens is 610 g/mol. The van der Waals surface area contributed by atoms with E-state index < -0.39 is 24.3 Å². The van der Waals surface area contributed by atoms with Gasteiger partial charge in [-0.3, -0.25) is 4.90 Å². The number of hydrogen-bond acceptors (Lipinski definition) is 7. The molecule has 0 bridgehead atoms. The molecule has 17 heteroatoms. The van der Waals surface area contributed by atoms with Gasteiger partial charge in [-0.15, -0.1) is 0 Å². The third-order valence-corrected chi connectivity index (χ3v) is 5.13. The number of carboxylic acid groups (broad SMARTS) is 2. The average Bonchev–Trinajstić information content (AvgIpc) is 3.28. The van der Waals surface area contributed by atoms with Gasteiger partial charge in [-0.05, 0) is 46.3 Å². The van der Waals surface area contributed by atoms with Crippen molar-refractivity contribution in [1.29, 1.82) is 0 Å². The number of morpholine rings is 1. The van der Waals surface area contributed by atoms with Gasteiger partial charge in [-0.2, -0.15) is 26.3 Å². The fraction of sp³-hybridized carbons (Fsp3) is 0.364. The van der Waals surface area contributed by atoms with Gasteiger partial charge < -0.3 is 24.7 Å². The molecule has 1 saturated heterocycles. The Kier molecular flexibility index (Phi) is 11.5. The quantitative estimate of drug-likeness (QED) is 0.351. The molecule has 0 spiro atoms. The molecule has 0 atom stereocenters. The van der Waals surface area contributed by atoms with Crippen LogP contribution in [0.3, 0.4) is 0 Å². The summed E-state index contributed by atoms with van der Waals surface area (Å²) in [6, 6.07) is 9.93. The van der Waals surface area contributed by atoms with Crippen LogP contribution in [-0.2, 0) is 14.3 Å². The third kappa shape index (κ3) is 11.1. The van der Waals surface area contributed by atoms with Crippen molar-refractivity contribution in [2.75, 3.05) is 39.5 Å². The number of nitrogens with one attached hydrogen (secondary N) is 1. The molecule has 0 amide bonds. The molecule has 1 aromatic carbocycles. The molecule has 39 heavy (non-hydrogen) atoms. The van der Waals surface area contributed by atoms with E-state index in [1.807, 2.05) is 30.3 Å². The van der Waals surface area contributed by atoms with Gasteiger partial charge in [-0.1, -0.05) is 0 Å². The number of aromatic amines is 1. The number of fused-ring (bicyclic) bond motifs is 1. The Morgan fingerprint density at radius 3 is 2.08 bits per heavy atom. The largest absolute Gasteiger partial charge is 0.492 e. The normalized spacial score (nSPS) is 14.0. The van der Waals surface area contributed by atoms with Crippen molar-refractivity contribution >= 4 is 39.0 Å². The smallest absolute Gasteiger partial charge is 0.490 e. The SMILES string of the molecule is Brc1cnc2[nH]c(-c3ccc(OCCN4CCOCC4)cc3)nc2c1.O=C(O)C(F)(F)F.O=C(O)C(F)(F)F. The molecule has 3 heterocycles. The highest BCUT2D eigenvalue weighted by Gasteiger charge is 2.38. The van der Waals surface area contributed by atoms with Crippen LogP contribution in [0.5, 0.6) is 5.75 Å². The highest BCUT2D eigenvalue weighted by Crippen LogP contribution is 2.23. The zero-order chi connectivity index (χ0) is 29.2. The minimum Gasteiger partial charge on any atom is -0.492 e. The zero-order valence-electron chi connectivity index (χ0n) is 19.7. The molecular formula is C22H21BrF6N4O6. The summed E-state index contributed by atoms with van der Waals surface area (Å²) in [5.74, 6) is -3.84. The lowest BCUT2D eigenvalue weighted by Crippen LogP contribution is -2.38. The first kappa shape index (κ1) is 31.8. The lowest BCUT2D eigenvalue weighted by molar-refractivity contribution is -0.193. The van der Waals surface area contributed by atoms with Crippen LogP contribution in [-0.4, -0.2) is 93.8 Å². The highest BCUT2D eigenvalue weighted by atomic mass is 79.9. The van der Waals surface area contributed by atoms with E-state index in [0.717, 1.165) is 65.6 Å². The van der Waals surface area contributed by atoms with Crippen molar-refractivity contribution in [2.24, 2.45) is 0 Å². The first-order valence-electron chi connectivity index (χ1n) is 10.8. The number of hydrogen-bond donors (Lipinski definition) is 3. The van der Waals surface area contributed by atoms with Gasteiger partial charge in [-0.25, -0.2) is 19.6 Å². The van der Waals surface area contributed by atoms with Crippen LogP contribution in [0.25, 0.3) is 22.6 Å². The van der Waals surface area contributed by atoms with Gasteiger partial charge in [0, 0.05) is 35.9 Å². The van der Waals surface area contributed by atoms with Crippen molar-refractivity contribution in [1.82, 2.24) is 19.9 Å². The maximum absolute atomic E-state index is 10.6. The highest BCUT2D eigenvalue weighted by molar-refractivity contribution is 9.10. The summed E-state index contributed by atoms with van der Waals surface area (Å²) in [7, 11) is 0. The number of nitrogens with zero attached hydrogens (tertiary/aromatic N) is 3. The topological polar surface area (TPSA) is 138 Å². The first-order chi connectivity index (χ1) is 18.2. The number of benzene rings is 1. The van der Waals surface area contributed by atoms with Gasteiger partial charge in [0.1, 0.15) is 23.7 Å². The number of aromatic nitrogens is 3. The molecule has 0 unspecified atom stereocenters. The second-order valence-corrected chi connectivity index (χ2v) is 8.46. The molecule has 10 nitrogen and oxygen atoms in total. The number of carbonyl (C=O) groups is 2. The number of rotatable bonds is 5. The Morgan fingerprint density at radius 1 is 1.03 bits per heavy atom. The lowest BCUT2D eigenvalue weighted by atomic mass is 10.2. The molecule has 0 aliphatic carbocycles. The fourth-order valence-electron chi connectivity index (χ4n) is 2.83. The number of aliphatic carboxylic acids is 2. The predicted molar refractivity (Wildman–Crippen MR) is 127 cm³/mol. The summed E-state index contributed by atoms with van der Waals surface area (Å²) in [5.41, 5.74) is 2.63. The van der Waals surface area contributed by atoms with Crippen LogP contribution in [0.1, 0.15) is 0 Å². The Labute approximate surface area is 224 Å². The third-order valence-electron chi connectivity index (χ3n) is 4.70. The Balaban J connectivity index is 0.000000317. The molecule has 2 aromatic heterocycles. The average molecular weight is 631 g/mol. The molecule has 3 N–H and O–H groups in total. The van der Waals surface area contributed by atoms with Crippen LogP contribution >= 0.6 is 15.9 Å². The summed E-state index contributed by atoms with van der Waals surface area (Å²) in [6.07, 6.45) is -8.41. The Hall–Kier alpha value is -3.44. The number of halogens is 7. The van der Waals surface area contributed by atoms with E-state index in [2.05, 4.69) is 35.8 Å². The number of alkyl halides is 6. The van der Waals surface area contributed by atoms with E-state index in [1.165, 1.54) is 0 Å². The van der Waals surface area contributed by atoms with E-state index in [-0.39, 0.29) is 0 Å². The summed E-state index contributed by atoms with van der Waals surface area (Å²) >= 11 is 3.42. The number of imidazole rings is 1. The van der Waals surface area contributed by atoms with Crippen LogP contribution in [0.15, 0.2) is 41.0 Å². The molecule has 3 aromatic rings. The molecule has 1 aliphatic heterocycles. The summed E-state index contributed by atoms with van der Waals surface area (Å²) < 4.78 is 75.6. The van der Waals surface area contributed by atoms with Crippen LogP contribution in [0, 0.1) is 0 Å². The summed E-state index contributed by atoms with van der Waals surface area (Å²) in [5, 5.41) is 14.2. The van der Waals surface area contributed by atoms with E-state index in [9.17, 15) is 26.3 Å². The Bertz CT molecular complexity index is 1210. The van der Waals surface area contributed by atoms with Crippen LogP contribution in [0.4, 0.5) is 26.3 Å². The zero-order valence-corrected chi connectivity index (χ0v) is 21.3. The standard InChI is InChI=1S/C18H19BrN4O2.2C2HF3O2/c19-14-11-16-18(20-12-14)22-17(21-16)13-1-3-15(4-2-13)25-10-7-23-5-8-24-9-6-23;2*3-2(4,5)1(6)7/h1-4,11-12H,5-10H2,(H,20,21,22);2*(H,6,7). The van der Waals surface area contributed by atoms with Gasteiger partial charge in [0.15, 0.2) is 5.65 Å². The van der Waals surface area contributed by atoms with Crippen LogP contribution in [0.2, 0.25) is 0 Å². The maximum atomic E-state index is 10.6. The first-order valence-corrected chi connectivity index (χ1v) is 11.6. The monoisotopic (exact) mass is 630 g/mol. The van der Waals surface area contributed by atoms with Crippen molar-refractivity contribution in [3.8, 4) is 17.1 Å². The molecule has 0 saturated carbocycles. The van der Waals surface area contributed by atoms with E-state index >= 15 is 0 Å². The number of carboxylic acids is 2. The molecule has 1 aliphatic rings. The maximum Gasteiger partial charge on any atom is 0.490 e. The number of pyridine rings is 1. The van der Waals surface area contributed by atoms with E-state index in [4.69, 9.17) is 29.3 Å². The molecule has 4 rings (SSSR count). The van der Waals surface area contributed by atoms with Crippen molar-refractivity contribution in [3.05, 3.63) is 41.0 Å².